The molecule has 0 aliphatic rings. The van der Waals surface area contributed by atoms with E-state index in [0.29, 0.717) is 16.3 Å². The lowest BCUT2D eigenvalue weighted by Gasteiger charge is -2.13. The van der Waals surface area contributed by atoms with Gasteiger partial charge in [0.05, 0.1) is 11.7 Å². The van der Waals surface area contributed by atoms with E-state index in [1.54, 1.807) is 12.1 Å². The third kappa shape index (κ3) is 2.40. The fraction of sp³-hybridized carbons (Fsp3) is 0.364. The van der Waals surface area contributed by atoms with E-state index >= 15 is 0 Å². The number of aryl methyl sites for hydroxylation is 1. The van der Waals surface area contributed by atoms with E-state index in [9.17, 15) is 0 Å². The number of nitrogens with zero attached hydrogens (tertiary/aromatic N) is 1. The van der Waals surface area contributed by atoms with Gasteiger partial charge in [0.1, 0.15) is 11.8 Å². The number of ether oxygens (including phenoxy) is 1. The molecule has 2 nitrogen and oxygen atoms in total. The van der Waals surface area contributed by atoms with Gasteiger partial charge in [-0.2, -0.15) is 5.26 Å². The van der Waals surface area contributed by atoms with Gasteiger partial charge < -0.3 is 4.74 Å². The van der Waals surface area contributed by atoms with Crippen LogP contribution in [0.1, 0.15) is 25.0 Å². The number of rotatable bonds is 2. The molecule has 14 heavy (non-hydrogen) atoms. The topological polar surface area (TPSA) is 33.0 Å². The summed E-state index contributed by atoms with van der Waals surface area (Å²) in [5.74, 6) is 0.631. The number of nitriles is 1. The van der Waals surface area contributed by atoms with Crippen LogP contribution in [-0.2, 0) is 0 Å². The SMILES string of the molecule is Cc1cc(Cl)cc(C#N)c1OC(C)C. The molecule has 0 unspecified atom stereocenters. The van der Waals surface area contributed by atoms with Crippen molar-refractivity contribution in [3.63, 3.8) is 0 Å². The van der Waals surface area contributed by atoms with Crippen LogP contribution in [0, 0.1) is 18.3 Å². The average Bonchev–Trinajstić information content (AvgIpc) is 2.08. The fourth-order valence-corrected chi connectivity index (χ4v) is 1.48. The minimum atomic E-state index is 0.0574. The Hall–Kier alpha value is -1.20. The summed E-state index contributed by atoms with van der Waals surface area (Å²) in [5, 5.41) is 9.46. The summed E-state index contributed by atoms with van der Waals surface area (Å²) in [6, 6.07) is 5.48. The van der Waals surface area contributed by atoms with Crippen molar-refractivity contribution in [2.45, 2.75) is 26.9 Å². The van der Waals surface area contributed by atoms with Gasteiger partial charge >= 0.3 is 0 Å². The van der Waals surface area contributed by atoms with Crippen LogP contribution in [0.4, 0.5) is 0 Å². The Kier molecular flexibility index (Phi) is 3.38. The number of hydrogen-bond donors (Lipinski definition) is 0. The first-order valence-corrected chi connectivity index (χ1v) is 4.79. The molecule has 0 aliphatic carbocycles. The molecule has 0 heterocycles. The second-order valence-electron chi connectivity index (χ2n) is 3.38. The molecule has 3 heteroatoms. The molecule has 0 amide bonds. The zero-order valence-corrected chi connectivity index (χ0v) is 9.22. The summed E-state index contributed by atoms with van der Waals surface area (Å²) < 4.78 is 5.54. The Labute approximate surface area is 89.1 Å². The molecule has 1 aromatic carbocycles. The Bertz CT molecular complexity index is 380. The molecule has 0 radical (unpaired) electrons. The van der Waals surface area contributed by atoms with E-state index < -0.39 is 0 Å². The van der Waals surface area contributed by atoms with E-state index in [4.69, 9.17) is 21.6 Å². The Morgan fingerprint density at radius 1 is 1.43 bits per heavy atom. The van der Waals surface area contributed by atoms with Crippen LogP contribution in [0.5, 0.6) is 5.75 Å². The van der Waals surface area contributed by atoms with Crippen LogP contribution in [0.2, 0.25) is 5.02 Å². The minimum Gasteiger partial charge on any atom is -0.489 e. The molecular formula is C11H12ClNO. The van der Waals surface area contributed by atoms with Gasteiger partial charge in [-0.05, 0) is 38.5 Å². The zero-order valence-electron chi connectivity index (χ0n) is 8.47. The zero-order chi connectivity index (χ0) is 10.7. The lowest BCUT2D eigenvalue weighted by molar-refractivity contribution is 0.240. The smallest absolute Gasteiger partial charge is 0.140 e. The molecule has 1 aromatic rings. The van der Waals surface area contributed by atoms with Crippen molar-refractivity contribution in [1.29, 1.82) is 5.26 Å². The van der Waals surface area contributed by atoms with Crippen LogP contribution < -0.4 is 4.74 Å². The van der Waals surface area contributed by atoms with Gasteiger partial charge in [0, 0.05) is 5.02 Å². The third-order valence-electron chi connectivity index (χ3n) is 1.71. The van der Waals surface area contributed by atoms with Crippen molar-refractivity contribution in [2.75, 3.05) is 0 Å². The molecule has 0 N–H and O–H groups in total. The number of hydrogen-bond acceptors (Lipinski definition) is 2. The third-order valence-corrected chi connectivity index (χ3v) is 1.93. The lowest BCUT2D eigenvalue weighted by atomic mass is 10.1. The highest BCUT2D eigenvalue weighted by Crippen LogP contribution is 2.27. The first-order valence-electron chi connectivity index (χ1n) is 4.41. The number of benzene rings is 1. The van der Waals surface area contributed by atoms with Gasteiger partial charge in [-0.25, -0.2) is 0 Å². The molecule has 1 rings (SSSR count). The van der Waals surface area contributed by atoms with Gasteiger partial charge in [-0.1, -0.05) is 11.6 Å². The molecule has 0 spiro atoms. The highest BCUT2D eigenvalue weighted by atomic mass is 35.5. The highest BCUT2D eigenvalue weighted by Gasteiger charge is 2.09. The first-order chi connectivity index (χ1) is 6.54. The van der Waals surface area contributed by atoms with Crippen molar-refractivity contribution in [1.82, 2.24) is 0 Å². The summed E-state index contributed by atoms with van der Waals surface area (Å²) in [6.45, 7) is 5.73. The van der Waals surface area contributed by atoms with Crippen LogP contribution in [-0.4, -0.2) is 6.10 Å². The maximum atomic E-state index is 8.89. The molecule has 74 valence electrons. The monoisotopic (exact) mass is 209 g/mol. The van der Waals surface area contributed by atoms with E-state index in [0.717, 1.165) is 5.56 Å². The molecule has 0 bridgehead atoms. The van der Waals surface area contributed by atoms with Crippen molar-refractivity contribution < 1.29 is 4.74 Å². The predicted octanol–water partition coefficient (Wildman–Crippen LogP) is 3.31. The van der Waals surface area contributed by atoms with Gasteiger partial charge in [0.15, 0.2) is 0 Å². The molecule has 0 aromatic heterocycles. The summed E-state index contributed by atoms with van der Waals surface area (Å²) >= 11 is 5.83. The summed E-state index contributed by atoms with van der Waals surface area (Å²) in [5.41, 5.74) is 1.38. The van der Waals surface area contributed by atoms with Gasteiger partial charge in [-0.3, -0.25) is 0 Å². The van der Waals surface area contributed by atoms with Gasteiger partial charge in [0.2, 0.25) is 0 Å². The average molecular weight is 210 g/mol. The Balaban J connectivity index is 3.20. The molecule has 0 fully saturated rings. The fourth-order valence-electron chi connectivity index (χ4n) is 1.21. The van der Waals surface area contributed by atoms with E-state index in [2.05, 4.69) is 6.07 Å². The molecule has 0 atom stereocenters. The largest absolute Gasteiger partial charge is 0.489 e. The normalized spacial score (nSPS) is 10.0. The van der Waals surface area contributed by atoms with Crippen LogP contribution >= 0.6 is 11.6 Å². The summed E-state index contributed by atoms with van der Waals surface area (Å²) in [4.78, 5) is 0. The van der Waals surface area contributed by atoms with E-state index in [1.807, 2.05) is 20.8 Å². The maximum Gasteiger partial charge on any atom is 0.140 e. The second kappa shape index (κ2) is 4.34. The van der Waals surface area contributed by atoms with Crippen molar-refractivity contribution in [2.24, 2.45) is 0 Å². The van der Waals surface area contributed by atoms with Gasteiger partial charge in [-0.15, -0.1) is 0 Å². The number of halogens is 1. The van der Waals surface area contributed by atoms with Crippen molar-refractivity contribution in [3.8, 4) is 11.8 Å². The predicted molar refractivity (Wildman–Crippen MR) is 56.7 cm³/mol. The molecule has 0 aliphatic heterocycles. The Morgan fingerprint density at radius 3 is 2.57 bits per heavy atom. The standard InChI is InChI=1S/C11H12ClNO/c1-7(2)14-11-8(3)4-10(12)5-9(11)6-13/h4-5,7H,1-3H3. The quantitative estimate of drug-likeness (QED) is 0.749. The summed E-state index contributed by atoms with van der Waals surface area (Å²) in [6.07, 6.45) is 0.0574. The highest BCUT2D eigenvalue weighted by molar-refractivity contribution is 6.30. The second-order valence-corrected chi connectivity index (χ2v) is 3.81. The summed E-state index contributed by atoms with van der Waals surface area (Å²) in [7, 11) is 0. The maximum absolute atomic E-state index is 8.89. The minimum absolute atomic E-state index is 0.0574. The van der Waals surface area contributed by atoms with Gasteiger partial charge in [0.25, 0.3) is 0 Å². The lowest BCUT2D eigenvalue weighted by Crippen LogP contribution is -2.08. The van der Waals surface area contributed by atoms with Crippen LogP contribution in [0.15, 0.2) is 12.1 Å². The van der Waals surface area contributed by atoms with Crippen LogP contribution in [0.3, 0.4) is 0 Å². The molecular weight excluding hydrogens is 198 g/mol. The Morgan fingerprint density at radius 2 is 2.07 bits per heavy atom. The first kappa shape index (κ1) is 10.9. The molecule has 0 saturated heterocycles. The van der Waals surface area contributed by atoms with Crippen LogP contribution in [0.25, 0.3) is 0 Å². The van der Waals surface area contributed by atoms with Crippen molar-refractivity contribution >= 4 is 11.6 Å². The van der Waals surface area contributed by atoms with Crippen molar-refractivity contribution in [3.05, 3.63) is 28.3 Å². The van der Waals surface area contributed by atoms with E-state index in [-0.39, 0.29) is 6.10 Å². The molecule has 0 saturated carbocycles. The van der Waals surface area contributed by atoms with E-state index in [1.165, 1.54) is 0 Å².